The lowest BCUT2D eigenvalue weighted by atomic mass is 9.77. The predicted molar refractivity (Wildman–Crippen MR) is 148 cm³/mol. The van der Waals surface area contributed by atoms with Gasteiger partial charge in [0.15, 0.2) is 0 Å². The molecule has 0 amide bonds. The van der Waals surface area contributed by atoms with Crippen molar-refractivity contribution in [3.63, 3.8) is 0 Å². The van der Waals surface area contributed by atoms with Gasteiger partial charge in [-0.3, -0.25) is 0 Å². The summed E-state index contributed by atoms with van der Waals surface area (Å²) in [7, 11) is 0. The minimum absolute atomic E-state index is 0.152. The third kappa shape index (κ3) is 8.34. The molecule has 4 rings (SSSR count). The Labute approximate surface area is 227 Å². The van der Waals surface area contributed by atoms with E-state index in [1.807, 2.05) is 54.6 Å². The molecule has 0 aliphatic carbocycles. The van der Waals surface area contributed by atoms with Crippen molar-refractivity contribution < 1.29 is 23.7 Å². The van der Waals surface area contributed by atoms with Gasteiger partial charge in [0.1, 0.15) is 18.0 Å². The third-order valence-corrected chi connectivity index (χ3v) is 7.08. The van der Waals surface area contributed by atoms with Gasteiger partial charge in [-0.05, 0) is 29.0 Å². The summed E-state index contributed by atoms with van der Waals surface area (Å²) in [6.45, 7) is 7.63. The molecule has 0 saturated carbocycles. The van der Waals surface area contributed by atoms with Gasteiger partial charge in [-0.1, -0.05) is 105 Å². The maximum absolute atomic E-state index is 12.1. The second-order valence-corrected chi connectivity index (χ2v) is 10.9. The quantitative estimate of drug-likeness (QED) is 0.258. The summed E-state index contributed by atoms with van der Waals surface area (Å²) in [5, 5.41) is 0. The van der Waals surface area contributed by atoms with E-state index < -0.39 is 0 Å². The summed E-state index contributed by atoms with van der Waals surface area (Å²) in [5.41, 5.74) is 2.97. The number of ether oxygens (including phenoxy) is 4. The average molecular weight is 517 g/mol. The zero-order chi connectivity index (χ0) is 26.8. The summed E-state index contributed by atoms with van der Waals surface area (Å²) in [6.07, 6.45) is 0.0355. The minimum atomic E-state index is -0.345. The first-order valence-electron chi connectivity index (χ1n) is 13.5. The molecule has 0 unspecified atom stereocenters. The van der Waals surface area contributed by atoms with Crippen LogP contribution in [0.4, 0.5) is 0 Å². The van der Waals surface area contributed by atoms with Crippen LogP contribution in [0, 0.1) is 5.41 Å². The van der Waals surface area contributed by atoms with Crippen LogP contribution in [0.25, 0.3) is 0 Å². The number of Topliss-reactive ketones (excluding diaryl/α,β-unsaturated/α-hetero) is 1. The molecule has 0 spiro atoms. The molecule has 5 heteroatoms. The number of ketones is 1. The van der Waals surface area contributed by atoms with Crippen molar-refractivity contribution in [1.82, 2.24) is 0 Å². The number of hydrogen-bond acceptors (Lipinski definition) is 5. The molecule has 0 radical (unpaired) electrons. The van der Waals surface area contributed by atoms with Gasteiger partial charge in [-0.15, -0.1) is 0 Å². The van der Waals surface area contributed by atoms with Crippen LogP contribution in [-0.4, -0.2) is 36.8 Å². The number of rotatable bonds is 13. The van der Waals surface area contributed by atoms with Gasteiger partial charge in [0.05, 0.1) is 38.6 Å². The Morgan fingerprint density at radius 3 is 1.82 bits per heavy atom. The van der Waals surface area contributed by atoms with Crippen LogP contribution in [0.1, 0.15) is 50.3 Å². The first-order valence-corrected chi connectivity index (χ1v) is 13.5. The van der Waals surface area contributed by atoms with E-state index in [-0.39, 0.29) is 35.6 Å². The van der Waals surface area contributed by atoms with Crippen LogP contribution < -0.4 is 0 Å². The minimum Gasteiger partial charge on any atom is -0.374 e. The molecule has 1 heterocycles. The van der Waals surface area contributed by atoms with Crippen molar-refractivity contribution in [3.8, 4) is 0 Å². The van der Waals surface area contributed by atoms with Crippen molar-refractivity contribution in [2.75, 3.05) is 6.61 Å². The Bertz CT molecular complexity index is 1100. The Morgan fingerprint density at radius 1 is 0.789 bits per heavy atom. The molecule has 0 N–H and O–H groups in total. The predicted octanol–water partition coefficient (Wildman–Crippen LogP) is 6.54. The van der Waals surface area contributed by atoms with Crippen molar-refractivity contribution in [2.45, 2.75) is 77.8 Å². The number of benzene rings is 3. The van der Waals surface area contributed by atoms with E-state index in [1.165, 1.54) is 0 Å². The van der Waals surface area contributed by atoms with E-state index in [9.17, 15) is 4.79 Å². The Kier molecular flexibility index (Phi) is 10.2. The summed E-state index contributed by atoms with van der Waals surface area (Å²) in [4.78, 5) is 12.1. The highest BCUT2D eigenvalue weighted by Crippen LogP contribution is 2.38. The summed E-state index contributed by atoms with van der Waals surface area (Å²) < 4.78 is 25.9. The van der Waals surface area contributed by atoms with Crippen LogP contribution >= 0.6 is 0 Å². The largest absolute Gasteiger partial charge is 0.374 e. The molecule has 4 atom stereocenters. The molecule has 3 aromatic carbocycles. The second-order valence-electron chi connectivity index (χ2n) is 10.9. The first kappa shape index (κ1) is 28.2. The van der Waals surface area contributed by atoms with E-state index in [4.69, 9.17) is 18.9 Å². The van der Waals surface area contributed by atoms with Gasteiger partial charge in [0.25, 0.3) is 0 Å². The Hall–Kier alpha value is -2.83. The highest BCUT2D eigenvalue weighted by Gasteiger charge is 2.45. The highest BCUT2D eigenvalue weighted by molar-refractivity contribution is 5.76. The van der Waals surface area contributed by atoms with Gasteiger partial charge in [-0.25, -0.2) is 0 Å². The lowest BCUT2D eigenvalue weighted by molar-refractivity contribution is -0.238. The van der Waals surface area contributed by atoms with Crippen LogP contribution in [0.5, 0.6) is 0 Å². The molecule has 38 heavy (non-hydrogen) atoms. The molecule has 5 nitrogen and oxygen atoms in total. The van der Waals surface area contributed by atoms with Gasteiger partial charge in [0, 0.05) is 12.8 Å². The van der Waals surface area contributed by atoms with Crippen molar-refractivity contribution in [2.24, 2.45) is 5.41 Å². The molecule has 202 valence electrons. The van der Waals surface area contributed by atoms with Gasteiger partial charge >= 0.3 is 0 Å². The zero-order valence-corrected chi connectivity index (χ0v) is 22.8. The third-order valence-electron chi connectivity index (χ3n) is 7.08. The molecule has 1 fully saturated rings. The van der Waals surface area contributed by atoms with E-state index in [0.29, 0.717) is 39.3 Å². The van der Waals surface area contributed by atoms with Crippen LogP contribution in [0.3, 0.4) is 0 Å². The highest BCUT2D eigenvalue weighted by atomic mass is 16.6. The lowest BCUT2D eigenvalue weighted by Crippen LogP contribution is -2.55. The zero-order valence-electron chi connectivity index (χ0n) is 22.8. The summed E-state index contributed by atoms with van der Waals surface area (Å²) in [6, 6.07) is 30.4. The molecule has 0 aromatic heterocycles. The lowest BCUT2D eigenvalue weighted by Gasteiger charge is -2.46. The van der Waals surface area contributed by atoms with E-state index in [1.54, 1.807) is 6.92 Å². The Balaban J connectivity index is 1.54. The first-order chi connectivity index (χ1) is 18.4. The normalized spacial score (nSPS) is 21.8. The number of hydrogen-bond donors (Lipinski definition) is 0. The van der Waals surface area contributed by atoms with E-state index in [0.717, 1.165) is 16.7 Å². The van der Waals surface area contributed by atoms with Crippen LogP contribution in [0.15, 0.2) is 91.0 Å². The monoisotopic (exact) mass is 516 g/mol. The van der Waals surface area contributed by atoms with Gasteiger partial charge in [0.2, 0.25) is 0 Å². The van der Waals surface area contributed by atoms with E-state index in [2.05, 4.69) is 50.2 Å². The fourth-order valence-electron chi connectivity index (χ4n) is 5.11. The maximum Gasteiger partial charge on any atom is 0.130 e. The van der Waals surface area contributed by atoms with Crippen LogP contribution in [0.2, 0.25) is 0 Å². The maximum atomic E-state index is 12.1. The van der Waals surface area contributed by atoms with Crippen molar-refractivity contribution in [3.05, 3.63) is 108 Å². The molecule has 1 saturated heterocycles. The average Bonchev–Trinajstić information content (AvgIpc) is 2.92. The van der Waals surface area contributed by atoms with Crippen molar-refractivity contribution >= 4 is 5.78 Å². The SMILES string of the molecule is CC(=O)CC(C)(C)[C@H]1C[C@@H](OCc2ccccc2)[C@H](OCc2ccccc2)[C@@H](COCc2ccccc2)O1. The molecular formula is C33H40O5. The fraction of sp³-hybridized carbons (Fsp3) is 0.424. The standard InChI is InChI=1S/C33H40O5/c1-25(34)20-33(2,3)31-19-29(36-22-27-15-9-5-10-16-27)32(37-23-28-17-11-6-12-18-28)30(38-31)24-35-21-26-13-7-4-8-14-26/h4-18,29-32H,19-24H2,1-3H3/t29-,30-,31-,32+/m1/s1. The van der Waals surface area contributed by atoms with Gasteiger partial charge in [-0.2, -0.15) is 0 Å². The van der Waals surface area contributed by atoms with Crippen LogP contribution in [-0.2, 0) is 43.6 Å². The summed E-state index contributed by atoms with van der Waals surface area (Å²) in [5.74, 6) is 0.152. The van der Waals surface area contributed by atoms with Gasteiger partial charge < -0.3 is 23.7 Å². The fourth-order valence-corrected chi connectivity index (χ4v) is 5.11. The number of carbonyl (C=O) groups excluding carboxylic acids is 1. The molecule has 3 aromatic rings. The summed E-state index contributed by atoms with van der Waals surface area (Å²) >= 11 is 0. The molecular weight excluding hydrogens is 476 g/mol. The molecule has 0 bridgehead atoms. The topological polar surface area (TPSA) is 54.0 Å². The second kappa shape index (κ2) is 13.8. The molecule has 1 aliphatic heterocycles. The Morgan fingerprint density at radius 2 is 1.29 bits per heavy atom. The van der Waals surface area contributed by atoms with Crippen molar-refractivity contribution in [1.29, 1.82) is 0 Å². The van der Waals surface area contributed by atoms with E-state index >= 15 is 0 Å². The smallest absolute Gasteiger partial charge is 0.130 e. The molecule has 1 aliphatic rings. The number of carbonyl (C=O) groups is 1.